The Hall–Kier alpha value is -2.38. The SMILES string of the molecule is C=CC(C)(C)N1c2ccccc2C2(C[C@@H]3NC(=O)[C@H](C)N(C)C3=O)[C@@H]1[O+]2[O-]. The van der Waals surface area contributed by atoms with Gasteiger partial charge in [0.15, 0.2) is 0 Å². The van der Waals surface area contributed by atoms with Gasteiger partial charge in [-0.1, -0.05) is 18.2 Å². The van der Waals surface area contributed by atoms with Gasteiger partial charge in [-0.25, -0.2) is 0 Å². The van der Waals surface area contributed by atoms with Crippen molar-refractivity contribution in [2.24, 2.45) is 0 Å². The quantitative estimate of drug-likeness (QED) is 0.363. The molecule has 7 nitrogen and oxygen atoms in total. The third-order valence-corrected chi connectivity index (χ3v) is 6.31. The molecule has 144 valence electrons. The third-order valence-electron chi connectivity index (χ3n) is 6.31. The molecule has 4 rings (SSSR count). The van der Waals surface area contributed by atoms with Gasteiger partial charge in [-0.05, 0) is 32.9 Å². The zero-order valence-electron chi connectivity index (χ0n) is 16.1. The number of likely N-dealkylation sites (N-methyl/N-ethyl adjacent to an activating group) is 1. The summed E-state index contributed by atoms with van der Waals surface area (Å²) >= 11 is 0. The van der Waals surface area contributed by atoms with E-state index < -0.39 is 29.5 Å². The van der Waals surface area contributed by atoms with Gasteiger partial charge in [-0.15, -0.1) is 6.58 Å². The van der Waals surface area contributed by atoms with Gasteiger partial charge >= 0.3 is 6.23 Å². The summed E-state index contributed by atoms with van der Waals surface area (Å²) in [6, 6.07) is 6.50. The van der Waals surface area contributed by atoms with E-state index in [1.165, 1.54) is 4.90 Å². The molecule has 1 unspecified atom stereocenters. The first kappa shape index (κ1) is 18.0. The van der Waals surface area contributed by atoms with Crippen LogP contribution in [0.1, 0.15) is 32.8 Å². The van der Waals surface area contributed by atoms with Crippen molar-refractivity contribution < 1.29 is 19.4 Å². The minimum absolute atomic E-state index is 0.171. The molecule has 0 bridgehead atoms. The van der Waals surface area contributed by atoms with Gasteiger partial charge in [-0.3, -0.25) is 14.5 Å². The number of nitrogens with zero attached hydrogens (tertiary/aromatic N) is 2. The van der Waals surface area contributed by atoms with E-state index in [-0.39, 0.29) is 18.2 Å². The summed E-state index contributed by atoms with van der Waals surface area (Å²) in [6.07, 6.45) is 1.54. The van der Waals surface area contributed by atoms with Gasteiger partial charge in [-0.2, -0.15) is 0 Å². The Morgan fingerprint density at radius 3 is 2.70 bits per heavy atom. The monoisotopic (exact) mass is 371 g/mol. The van der Waals surface area contributed by atoms with E-state index in [9.17, 15) is 14.8 Å². The number of carbonyl (C=O) groups excluding carboxylic acids is 2. The first-order valence-electron chi connectivity index (χ1n) is 9.17. The van der Waals surface area contributed by atoms with Crippen LogP contribution in [-0.2, 0) is 19.7 Å². The molecule has 1 aromatic rings. The van der Waals surface area contributed by atoms with Crippen molar-refractivity contribution in [3.8, 4) is 0 Å². The molecular formula is C20H25N3O4. The van der Waals surface area contributed by atoms with E-state index in [0.717, 1.165) is 11.3 Å². The largest absolute Gasteiger partial charge is 0.531 e. The smallest absolute Gasteiger partial charge is 0.324 e. The Balaban J connectivity index is 1.73. The van der Waals surface area contributed by atoms with Crippen LogP contribution in [0.15, 0.2) is 36.9 Å². The van der Waals surface area contributed by atoms with E-state index in [1.807, 2.05) is 53.6 Å². The second-order valence-corrected chi connectivity index (χ2v) is 8.17. The summed E-state index contributed by atoms with van der Waals surface area (Å²) < 4.78 is 2.00. The number of fused-ring (bicyclic) bond motifs is 3. The van der Waals surface area contributed by atoms with Crippen LogP contribution in [0.5, 0.6) is 0 Å². The molecule has 0 radical (unpaired) electrons. The Labute approximate surface area is 158 Å². The van der Waals surface area contributed by atoms with Crippen molar-refractivity contribution in [1.29, 1.82) is 0 Å². The van der Waals surface area contributed by atoms with E-state index >= 15 is 0 Å². The lowest BCUT2D eigenvalue weighted by molar-refractivity contribution is -0.753. The summed E-state index contributed by atoms with van der Waals surface area (Å²) in [7, 11) is 1.62. The average molecular weight is 371 g/mol. The first-order valence-corrected chi connectivity index (χ1v) is 9.17. The second kappa shape index (κ2) is 5.56. The maximum absolute atomic E-state index is 12.9. The zero-order chi connectivity index (χ0) is 19.7. The minimum Gasteiger partial charge on any atom is -0.531 e. The van der Waals surface area contributed by atoms with Crippen molar-refractivity contribution in [3.05, 3.63) is 42.5 Å². The van der Waals surface area contributed by atoms with Crippen LogP contribution in [0.2, 0.25) is 0 Å². The van der Waals surface area contributed by atoms with Crippen LogP contribution in [0.4, 0.5) is 5.69 Å². The zero-order valence-corrected chi connectivity index (χ0v) is 16.1. The molecule has 2 fully saturated rings. The topological polar surface area (TPSA) is 78.4 Å². The molecule has 3 heterocycles. The molecular weight excluding hydrogens is 346 g/mol. The molecule has 4 atom stereocenters. The molecule has 0 spiro atoms. The number of rotatable bonds is 4. The van der Waals surface area contributed by atoms with Crippen LogP contribution in [0.3, 0.4) is 0 Å². The normalized spacial score (nSPS) is 32.9. The number of benzene rings is 1. The van der Waals surface area contributed by atoms with E-state index in [4.69, 9.17) is 0 Å². The third kappa shape index (κ3) is 2.21. The van der Waals surface area contributed by atoms with Gasteiger partial charge in [0, 0.05) is 7.05 Å². The highest BCUT2D eigenvalue weighted by Crippen LogP contribution is 2.65. The highest BCUT2D eigenvalue weighted by molar-refractivity contribution is 5.96. The predicted molar refractivity (Wildman–Crippen MR) is 98.5 cm³/mol. The highest BCUT2D eigenvalue weighted by Gasteiger charge is 2.81. The Morgan fingerprint density at radius 2 is 2.04 bits per heavy atom. The standard InChI is InChI=1S/C20H25N3O4/c1-6-19(3,4)23-15-10-8-7-9-13(15)20(18(23)27(20)26)11-14-17(25)22(5)12(2)16(24)21-14/h6-10,12,14,18H,1,11H2,2-5H3,(H,21,24)/t12-,14-,18-,20?/m0/s1. The van der Waals surface area contributed by atoms with Crippen molar-refractivity contribution in [2.75, 3.05) is 11.9 Å². The molecule has 3 aliphatic rings. The number of piperazine rings is 1. The van der Waals surface area contributed by atoms with E-state index in [1.54, 1.807) is 14.0 Å². The fourth-order valence-corrected chi connectivity index (χ4v) is 4.39. The molecule has 0 aromatic heterocycles. The highest BCUT2D eigenvalue weighted by atomic mass is 17.3. The number of epoxide rings is 1. The van der Waals surface area contributed by atoms with Crippen molar-refractivity contribution in [1.82, 2.24) is 10.2 Å². The Kier molecular flexibility index (Phi) is 3.71. The second-order valence-electron chi connectivity index (χ2n) is 8.17. The van der Waals surface area contributed by atoms with Crippen molar-refractivity contribution in [2.45, 2.75) is 56.6 Å². The van der Waals surface area contributed by atoms with Gasteiger partial charge in [0.2, 0.25) is 11.8 Å². The molecule has 1 N–H and O–H groups in total. The number of hydrogen-bond acceptors (Lipinski definition) is 4. The number of carbonyl (C=O) groups is 2. The van der Waals surface area contributed by atoms with Crippen LogP contribution in [0, 0.1) is 0 Å². The Bertz CT molecular complexity index is 838. The average Bonchev–Trinajstić information content (AvgIpc) is 3.08. The first-order chi connectivity index (χ1) is 12.7. The Morgan fingerprint density at radius 1 is 1.37 bits per heavy atom. The van der Waals surface area contributed by atoms with Crippen LogP contribution < -0.4 is 15.5 Å². The summed E-state index contributed by atoms with van der Waals surface area (Å²) in [6.45, 7) is 9.61. The fraction of sp³-hybridized carbons (Fsp3) is 0.500. The van der Waals surface area contributed by atoms with Crippen molar-refractivity contribution >= 4 is 17.5 Å². The number of amides is 2. The fourth-order valence-electron chi connectivity index (χ4n) is 4.39. The molecule has 0 aliphatic carbocycles. The molecule has 2 saturated heterocycles. The summed E-state index contributed by atoms with van der Waals surface area (Å²) in [4.78, 5) is 28.4. The summed E-state index contributed by atoms with van der Waals surface area (Å²) in [5.41, 5.74) is 0.475. The van der Waals surface area contributed by atoms with Gasteiger partial charge < -0.3 is 20.0 Å². The molecule has 7 heteroatoms. The van der Waals surface area contributed by atoms with Gasteiger partial charge in [0.05, 0.1) is 23.2 Å². The molecule has 0 saturated carbocycles. The predicted octanol–water partition coefficient (Wildman–Crippen LogP) is 0.569. The number of para-hydroxylation sites is 1. The lowest BCUT2D eigenvalue weighted by Gasteiger charge is -2.35. The minimum atomic E-state index is -0.911. The molecule has 27 heavy (non-hydrogen) atoms. The maximum Gasteiger partial charge on any atom is 0.324 e. The van der Waals surface area contributed by atoms with Crippen LogP contribution >= 0.6 is 0 Å². The molecule has 2 amide bonds. The van der Waals surface area contributed by atoms with Gasteiger partial charge in [0.25, 0.3) is 5.60 Å². The maximum atomic E-state index is 12.9. The van der Waals surface area contributed by atoms with Crippen molar-refractivity contribution in [3.63, 3.8) is 0 Å². The summed E-state index contributed by atoms with van der Waals surface area (Å²) in [5.74, 6) is -0.372. The summed E-state index contributed by atoms with van der Waals surface area (Å²) in [5, 5.41) is 15.7. The number of nitrogens with one attached hydrogen (secondary N) is 1. The van der Waals surface area contributed by atoms with Gasteiger partial charge in [0.1, 0.15) is 12.1 Å². The van der Waals surface area contributed by atoms with E-state index in [2.05, 4.69) is 11.9 Å². The lowest BCUT2D eigenvalue weighted by atomic mass is 9.91. The molecule has 3 aliphatic heterocycles. The van der Waals surface area contributed by atoms with Crippen LogP contribution in [-0.4, -0.2) is 47.6 Å². The number of anilines is 1. The van der Waals surface area contributed by atoms with Crippen LogP contribution in [0.25, 0.3) is 0 Å². The van der Waals surface area contributed by atoms with E-state index in [0.29, 0.717) is 0 Å². The molecule has 1 aromatic carbocycles. The number of hydrogen-bond donors (Lipinski definition) is 1. The lowest BCUT2D eigenvalue weighted by Crippen LogP contribution is -2.61.